The van der Waals surface area contributed by atoms with Crippen molar-refractivity contribution >= 4 is 29.0 Å². The molecule has 0 saturated carbocycles. The predicted octanol–water partition coefficient (Wildman–Crippen LogP) is 5.14. The molecule has 2 saturated heterocycles. The fourth-order valence-corrected chi connectivity index (χ4v) is 5.97. The number of piperidine rings is 1. The average Bonchev–Trinajstić information content (AvgIpc) is 3.56. The summed E-state index contributed by atoms with van der Waals surface area (Å²) in [6.07, 6.45) is 5.10. The van der Waals surface area contributed by atoms with Crippen LogP contribution in [0.4, 0.5) is 24.8 Å². The van der Waals surface area contributed by atoms with E-state index in [4.69, 9.17) is 15.5 Å². The number of rotatable bonds is 7. The molecule has 224 valence electrons. The molecule has 2 fully saturated rings. The molecule has 10 nitrogen and oxygen atoms in total. The third-order valence-corrected chi connectivity index (χ3v) is 8.06. The summed E-state index contributed by atoms with van der Waals surface area (Å²) >= 11 is 0. The molecule has 0 radical (unpaired) electrons. The number of nitrogen functional groups attached to an aromatic ring is 1. The van der Waals surface area contributed by atoms with Gasteiger partial charge in [-0.2, -0.15) is 4.39 Å². The number of pyridine rings is 1. The maximum Gasteiger partial charge on any atom is 0.270 e. The molecule has 4 aromatic rings. The molecular weight excluding hydrogens is 563 g/mol. The Labute approximate surface area is 245 Å². The normalized spacial score (nSPS) is 18.6. The molecule has 6 rings (SSSR count). The molecule has 2 aliphatic heterocycles. The van der Waals surface area contributed by atoms with E-state index in [9.17, 15) is 18.4 Å². The van der Waals surface area contributed by atoms with E-state index in [2.05, 4.69) is 15.3 Å². The molecule has 3 aromatic heterocycles. The lowest BCUT2D eigenvalue weighted by atomic mass is 9.92. The van der Waals surface area contributed by atoms with Gasteiger partial charge in [0.1, 0.15) is 34.4 Å². The number of halogens is 3. The van der Waals surface area contributed by atoms with E-state index in [-0.39, 0.29) is 58.5 Å². The van der Waals surface area contributed by atoms with E-state index in [0.717, 1.165) is 38.4 Å². The second kappa shape index (κ2) is 10.9. The third-order valence-electron chi connectivity index (χ3n) is 8.06. The van der Waals surface area contributed by atoms with Crippen LogP contribution >= 0.6 is 0 Å². The summed E-state index contributed by atoms with van der Waals surface area (Å²) < 4.78 is 50.2. The van der Waals surface area contributed by atoms with Gasteiger partial charge in [0, 0.05) is 54.7 Å². The van der Waals surface area contributed by atoms with Crippen molar-refractivity contribution in [3.05, 3.63) is 65.6 Å². The molecule has 13 heteroatoms. The van der Waals surface area contributed by atoms with E-state index in [1.54, 1.807) is 13.0 Å². The Balaban J connectivity index is 1.38. The van der Waals surface area contributed by atoms with E-state index in [0.29, 0.717) is 30.0 Å². The third kappa shape index (κ3) is 5.23. The van der Waals surface area contributed by atoms with Crippen LogP contribution in [0.25, 0.3) is 16.8 Å². The summed E-state index contributed by atoms with van der Waals surface area (Å²) in [6, 6.07) is 7.12. The van der Waals surface area contributed by atoms with Gasteiger partial charge in [-0.05, 0) is 56.5 Å². The molecule has 0 bridgehead atoms. The van der Waals surface area contributed by atoms with Crippen LogP contribution < -0.4 is 15.8 Å². The van der Waals surface area contributed by atoms with Crippen molar-refractivity contribution in [1.82, 2.24) is 24.3 Å². The van der Waals surface area contributed by atoms with Crippen LogP contribution in [0.1, 0.15) is 67.2 Å². The van der Waals surface area contributed by atoms with Crippen molar-refractivity contribution < 1.29 is 27.5 Å². The van der Waals surface area contributed by atoms with Gasteiger partial charge >= 0.3 is 0 Å². The molecular formula is C30H30F3N7O3. The van der Waals surface area contributed by atoms with Gasteiger partial charge in [-0.3, -0.25) is 14.0 Å². The highest BCUT2D eigenvalue weighted by Gasteiger charge is 2.39. The fraction of sp³-hybridized carbons (Fsp3) is 0.367. The van der Waals surface area contributed by atoms with Gasteiger partial charge in [0.25, 0.3) is 11.8 Å². The number of anilines is 2. The minimum absolute atomic E-state index is 0.0312. The zero-order valence-electron chi connectivity index (χ0n) is 23.6. The second-order valence-electron chi connectivity index (χ2n) is 10.9. The summed E-state index contributed by atoms with van der Waals surface area (Å²) in [5.41, 5.74) is 7.20. The van der Waals surface area contributed by atoms with Gasteiger partial charge in [0.15, 0.2) is 0 Å². The number of amides is 2. The number of fused-ring (bicyclic) bond motifs is 2. The Morgan fingerprint density at radius 2 is 2.00 bits per heavy atom. The number of alkyl halides is 2. The van der Waals surface area contributed by atoms with Gasteiger partial charge in [0.05, 0.1) is 12.8 Å². The van der Waals surface area contributed by atoms with Crippen molar-refractivity contribution in [2.45, 2.75) is 57.4 Å². The van der Waals surface area contributed by atoms with Crippen LogP contribution in [0.2, 0.25) is 0 Å². The Bertz CT molecular complexity index is 1740. The largest absolute Gasteiger partial charge is 0.493 e. The number of nitrogens with two attached hydrogens (primary N) is 1. The zero-order chi connectivity index (χ0) is 30.5. The van der Waals surface area contributed by atoms with Crippen LogP contribution in [0, 0.1) is 5.95 Å². The smallest absolute Gasteiger partial charge is 0.270 e. The van der Waals surface area contributed by atoms with Crippen LogP contribution in [0.3, 0.4) is 0 Å². The Morgan fingerprint density at radius 3 is 2.77 bits per heavy atom. The number of imidazole rings is 1. The van der Waals surface area contributed by atoms with Gasteiger partial charge in [-0.25, -0.2) is 23.7 Å². The lowest BCUT2D eigenvalue weighted by Gasteiger charge is -2.34. The number of benzene rings is 1. The highest BCUT2D eigenvalue weighted by molar-refractivity contribution is 6.04. The summed E-state index contributed by atoms with van der Waals surface area (Å²) in [4.78, 5) is 40.3. The summed E-state index contributed by atoms with van der Waals surface area (Å²) in [7, 11) is 0. The van der Waals surface area contributed by atoms with E-state index < -0.39 is 17.8 Å². The quantitative estimate of drug-likeness (QED) is 0.304. The molecule has 0 unspecified atom stereocenters. The maximum absolute atomic E-state index is 15.4. The lowest BCUT2D eigenvalue weighted by Crippen LogP contribution is -2.41. The molecule has 2 aliphatic rings. The Hall–Kier alpha value is -4.68. The molecule has 2 atom stereocenters. The highest BCUT2D eigenvalue weighted by atomic mass is 19.3. The number of carbonyl (C=O) groups excluding carboxylic acids is 2. The summed E-state index contributed by atoms with van der Waals surface area (Å²) in [5.74, 6) is -3.73. The van der Waals surface area contributed by atoms with Crippen LogP contribution in [0.15, 0.2) is 42.7 Å². The molecule has 2 amide bonds. The molecule has 5 heterocycles. The monoisotopic (exact) mass is 593 g/mol. The highest BCUT2D eigenvalue weighted by Crippen LogP contribution is 2.41. The number of ether oxygens (including phenoxy) is 1. The standard InChI is InChI=1S/C30H30F3N7O3/c1-3-43-21-12-16(29(42)37-23-13-18(10-11-35-23)30(2,32)33)5-8-20(21)25-26-27(34)36-14-22(31)40(26)28(38-25)17-4-6-19-7-9-24(41)39(19)15-17/h5,8,10-14,17,19H,3-4,6-7,9,15H2,1-2H3,(H2,34,36)(H,35,37,42)/t17-,19+/m1/s1. The number of aromatic nitrogens is 4. The first-order valence-electron chi connectivity index (χ1n) is 14.1. The summed E-state index contributed by atoms with van der Waals surface area (Å²) in [5, 5.41) is 2.54. The van der Waals surface area contributed by atoms with Gasteiger partial charge in [-0.1, -0.05) is 0 Å². The van der Waals surface area contributed by atoms with Crippen molar-refractivity contribution in [2.75, 3.05) is 24.2 Å². The molecule has 0 spiro atoms. The van der Waals surface area contributed by atoms with Crippen LogP contribution in [-0.2, 0) is 10.7 Å². The van der Waals surface area contributed by atoms with Crippen molar-refractivity contribution in [3.8, 4) is 17.0 Å². The SMILES string of the molecule is CCOc1cc(C(=O)Nc2cc(C(C)(F)F)ccn2)ccc1-c1nc([C@@H]2CC[C@H]3CCC(=O)N3C2)n2c(F)cnc(N)c12. The number of nitrogens with one attached hydrogen (secondary N) is 1. The molecule has 0 aliphatic carbocycles. The van der Waals surface area contributed by atoms with Gasteiger partial charge in [0.2, 0.25) is 11.9 Å². The predicted molar refractivity (Wildman–Crippen MR) is 152 cm³/mol. The Morgan fingerprint density at radius 1 is 1.19 bits per heavy atom. The minimum Gasteiger partial charge on any atom is -0.493 e. The number of hydrogen-bond donors (Lipinski definition) is 2. The first kappa shape index (κ1) is 28.4. The first-order chi connectivity index (χ1) is 20.5. The fourth-order valence-electron chi connectivity index (χ4n) is 5.97. The molecule has 1 aromatic carbocycles. The Kier molecular flexibility index (Phi) is 7.18. The number of nitrogens with zero attached hydrogens (tertiary/aromatic N) is 5. The van der Waals surface area contributed by atoms with Crippen molar-refractivity contribution in [1.29, 1.82) is 0 Å². The van der Waals surface area contributed by atoms with E-state index >= 15 is 4.39 Å². The van der Waals surface area contributed by atoms with Crippen molar-refractivity contribution in [3.63, 3.8) is 0 Å². The number of hydrogen-bond acceptors (Lipinski definition) is 7. The summed E-state index contributed by atoms with van der Waals surface area (Å²) in [6.45, 7) is 3.21. The average molecular weight is 594 g/mol. The number of carbonyl (C=O) groups is 2. The van der Waals surface area contributed by atoms with Gasteiger partial charge < -0.3 is 20.7 Å². The van der Waals surface area contributed by atoms with Crippen molar-refractivity contribution in [2.24, 2.45) is 0 Å². The second-order valence-corrected chi connectivity index (χ2v) is 10.9. The van der Waals surface area contributed by atoms with E-state index in [1.807, 2.05) is 4.90 Å². The minimum atomic E-state index is -3.10. The van der Waals surface area contributed by atoms with Crippen LogP contribution in [0.5, 0.6) is 5.75 Å². The van der Waals surface area contributed by atoms with Crippen LogP contribution in [-0.4, -0.2) is 55.3 Å². The van der Waals surface area contributed by atoms with Gasteiger partial charge in [-0.15, -0.1) is 0 Å². The molecule has 3 N–H and O–H groups in total. The lowest BCUT2D eigenvalue weighted by molar-refractivity contribution is -0.130. The first-order valence-corrected chi connectivity index (χ1v) is 14.1. The maximum atomic E-state index is 15.4. The topological polar surface area (TPSA) is 128 Å². The molecule has 43 heavy (non-hydrogen) atoms. The van der Waals surface area contributed by atoms with E-state index in [1.165, 1.54) is 28.8 Å². The zero-order valence-corrected chi connectivity index (χ0v) is 23.6.